The van der Waals surface area contributed by atoms with Gasteiger partial charge in [-0.25, -0.2) is 4.79 Å². The molecule has 2 aliphatic heterocycles. The SMILES string of the molecule is CCOC(=O)c1ccc(NC(=O)CN2CCC[C@H]2c2ccc3c(c2)OCCO3)cc1. The van der Waals surface area contributed by atoms with Crippen molar-refractivity contribution in [2.45, 2.75) is 25.8 Å². The Bertz CT molecular complexity index is 912. The van der Waals surface area contributed by atoms with Crippen molar-refractivity contribution < 1.29 is 23.8 Å². The van der Waals surface area contributed by atoms with Gasteiger partial charge in [0.15, 0.2) is 11.5 Å². The van der Waals surface area contributed by atoms with Crippen LogP contribution in [0.25, 0.3) is 0 Å². The van der Waals surface area contributed by atoms with Crippen LogP contribution in [0.15, 0.2) is 42.5 Å². The molecule has 0 aromatic heterocycles. The summed E-state index contributed by atoms with van der Waals surface area (Å²) in [5.74, 6) is 1.10. The maximum Gasteiger partial charge on any atom is 0.338 e. The fourth-order valence-electron chi connectivity index (χ4n) is 3.95. The highest BCUT2D eigenvalue weighted by Crippen LogP contribution is 2.37. The molecule has 7 nitrogen and oxygen atoms in total. The van der Waals surface area contributed by atoms with Gasteiger partial charge in [-0.1, -0.05) is 6.07 Å². The van der Waals surface area contributed by atoms with E-state index in [1.165, 1.54) is 0 Å². The normalized spacial score (nSPS) is 18.1. The Morgan fingerprint density at radius 3 is 2.63 bits per heavy atom. The summed E-state index contributed by atoms with van der Waals surface area (Å²) in [6.07, 6.45) is 2.04. The van der Waals surface area contributed by atoms with E-state index in [1.807, 2.05) is 12.1 Å². The van der Waals surface area contributed by atoms with Gasteiger partial charge in [-0.3, -0.25) is 9.69 Å². The Morgan fingerprint density at radius 1 is 1.10 bits per heavy atom. The number of amides is 1. The number of benzene rings is 2. The van der Waals surface area contributed by atoms with E-state index in [9.17, 15) is 9.59 Å². The van der Waals surface area contributed by atoms with Crippen LogP contribution in [-0.4, -0.2) is 49.7 Å². The lowest BCUT2D eigenvalue weighted by Gasteiger charge is -2.26. The number of ether oxygens (including phenoxy) is 3. The summed E-state index contributed by atoms with van der Waals surface area (Å²) in [4.78, 5) is 26.5. The highest BCUT2D eigenvalue weighted by molar-refractivity contribution is 5.94. The number of carbonyl (C=O) groups excluding carboxylic acids is 2. The summed E-state index contributed by atoms with van der Waals surface area (Å²) in [5.41, 5.74) is 2.26. The van der Waals surface area contributed by atoms with Gasteiger partial charge in [0.25, 0.3) is 0 Å². The quantitative estimate of drug-likeness (QED) is 0.736. The molecule has 1 N–H and O–H groups in total. The predicted molar refractivity (Wildman–Crippen MR) is 112 cm³/mol. The molecule has 0 radical (unpaired) electrons. The fraction of sp³-hybridized carbons (Fsp3) is 0.391. The minimum Gasteiger partial charge on any atom is -0.486 e. The molecule has 2 heterocycles. The standard InChI is InChI=1S/C23H26N2O5/c1-2-28-23(27)16-5-8-18(9-6-16)24-22(26)15-25-11-3-4-19(25)17-7-10-20-21(14-17)30-13-12-29-20/h5-10,14,19H,2-4,11-13,15H2,1H3,(H,24,26)/t19-/m0/s1. The lowest BCUT2D eigenvalue weighted by molar-refractivity contribution is -0.117. The second kappa shape index (κ2) is 9.17. The van der Waals surface area contributed by atoms with Gasteiger partial charge in [0.2, 0.25) is 5.91 Å². The van der Waals surface area contributed by atoms with Crippen molar-refractivity contribution in [1.82, 2.24) is 4.90 Å². The number of nitrogens with zero attached hydrogens (tertiary/aromatic N) is 1. The molecule has 158 valence electrons. The van der Waals surface area contributed by atoms with Crippen molar-refractivity contribution >= 4 is 17.6 Å². The Balaban J connectivity index is 1.37. The van der Waals surface area contributed by atoms with E-state index in [1.54, 1.807) is 31.2 Å². The molecule has 1 atom stereocenters. The van der Waals surface area contributed by atoms with Crippen molar-refractivity contribution in [2.24, 2.45) is 0 Å². The molecular formula is C23H26N2O5. The molecule has 0 aliphatic carbocycles. The zero-order chi connectivity index (χ0) is 20.9. The summed E-state index contributed by atoms with van der Waals surface area (Å²) in [6.45, 7) is 4.40. The molecule has 2 aromatic carbocycles. The first kappa shape index (κ1) is 20.2. The number of rotatable bonds is 6. The smallest absolute Gasteiger partial charge is 0.338 e. The zero-order valence-corrected chi connectivity index (χ0v) is 17.1. The topological polar surface area (TPSA) is 77.1 Å². The average molecular weight is 410 g/mol. The van der Waals surface area contributed by atoms with Gasteiger partial charge in [-0.05, 0) is 68.3 Å². The lowest BCUT2D eigenvalue weighted by atomic mass is 10.0. The first-order chi connectivity index (χ1) is 14.6. The molecule has 2 aromatic rings. The largest absolute Gasteiger partial charge is 0.486 e. The Hall–Kier alpha value is -3.06. The lowest BCUT2D eigenvalue weighted by Crippen LogP contribution is -2.33. The monoisotopic (exact) mass is 410 g/mol. The second-order valence-corrected chi connectivity index (χ2v) is 7.38. The number of hydrogen-bond donors (Lipinski definition) is 1. The van der Waals surface area contributed by atoms with Crippen LogP contribution in [0.4, 0.5) is 5.69 Å². The third kappa shape index (κ3) is 4.57. The summed E-state index contributed by atoms with van der Waals surface area (Å²) in [5, 5.41) is 2.91. The van der Waals surface area contributed by atoms with Crippen LogP contribution in [0.2, 0.25) is 0 Å². The molecule has 1 amide bonds. The van der Waals surface area contributed by atoms with Gasteiger partial charge in [0.1, 0.15) is 13.2 Å². The van der Waals surface area contributed by atoms with Gasteiger partial charge in [0.05, 0.1) is 18.7 Å². The minimum absolute atomic E-state index is 0.0803. The average Bonchev–Trinajstić information content (AvgIpc) is 3.22. The van der Waals surface area contributed by atoms with Crippen LogP contribution in [0, 0.1) is 0 Å². The zero-order valence-electron chi connectivity index (χ0n) is 17.1. The summed E-state index contributed by atoms with van der Waals surface area (Å²) in [7, 11) is 0. The van der Waals surface area contributed by atoms with Gasteiger partial charge in [0, 0.05) is 11.7 Å². The highest BCUT2D eigenvalue weighted by atomic mass is 16.6. The van der Waals surface area contributed by atoms with Crippen LogP contribution in [-0.2, 0) is 9.53 Å². The van der Waals surface area contributed by atoms with Crippen molar-refractivity contribution in [1.29, 1.82) is 0 Å². The molecule has 1 fully saturated rings. The van der Waals surface area contributed by atoms with Crippen LogP contribution >= 0.6 is 0 Å². The van der Waals surface area contributed by atoms with E-state index in [-0.39, 0.29) is 17.9 Å². The van der Waals surface area contributed by atoms with E-state index < -0.39 is 0 Å². The van der Waals surface area contributed by atoms with Crippen LogP contribution in [0.5, 0.6) is 11.5 Å². The Morgan fingerprint density at radius 2 is 1.87 bits per heavy atom. The maximum absolute atomic E-state index is 12.6. The molecule has 30 heavy (non-hydrogen) atoms. The number of fused-ring (bicyclic) bond motifs is 1. The number of carbonyl (C=O) groups is 2. The number of esters is 1. The van der Waals surface area contributed by atoms with E-state index in [4.69, 9.17) is 14.2 Å². The third-order valence-electron chi connectivity index (χ3n) is 5.34. The van der Waals surface area contributed by atoms with Crippen molar-refractivity contribution in [2.75, 3.05) is 38.2 Å². The summed E-state index contributed by atoms with van der Waals surface area (Å²) in [6, 6.07) is 13.0. The molecule has 0 unspecified atom stereocenters. The minimum atomic E-state index is -0.366. The first-order valence-electron chi connectivity index (χ1n) is 10.3. The molecule has 7 heteroatoms. The summed E-state index contributed by atoms with van der Waals surface area (Å²) >= 11 is 0. The van der Waals surface area contributed by atoms with Gasteiger partial charge < -0.3 is 19.5 Å². The second-order valence-electron chi connectivity index (χ2n) is 7.38. The van der Waals surface area contributed by atoms with E-state index >= 15 is 0 Å². The van der Waals surface area contributed by atoms with Gasteiger partial charge in [-0.15, -0.1) is 0 Å². The van der Waals surface area contributed by atoms with Gasteiger partial charge in [-0.2, -0.15) is 0 Å². The molecule has 4 rings (SSSR count). The van der Waals surface area contributed by atoms with Crippen molar-refractivity contribution in [3.8, 4) is 11.5 Å². The number of nitrogens with one attached hydrogen (secondary N) is 1. The van der Waals surface area contributed by atoms with Crippen LogP contribution in [0.3, 0.4) is 0 Å². The Labute approximate surface area is 175 Å². The summed E-state index contributed by atoms with van der Waals surface area (Å²) < 4.78 is 16.3. The first-order valence-corrected chi connectivity index (χ1v) is 10.3. The van der Waals surface area contributed by atoms with Crippen LogP contribution in [0.1, 0.15) is 41.7 Å². The van der Waals surface area contributed by atoms with E-state index in [2.05, 4.69) is 16.3 Å². The molecular weight excluding hydrogens is 384 g/mol. The van der Waals surface area contributed by atoms with Crippen molar-refractivity contribution in [3.63, 3.8) is 0 Å². The van der Waals surface area contributed by atoms with Crippen molar-refractivity contribution in [3.05, 3.63) is 53.6 Å². The third-order valence-corrected chi connectivity index (χ3v) is 5.34. The number of hydrogen-bond acceptors (Lipinski definition) is 6. The fourth-order valence-corrected chi connectivity index (χ4v) is 3.95. The van der Waals surface area contributed by atoms with E-state index in [0.29, 0.717) is 37.6 Å². The molecule has 1 saturated heterocycles. The molecule has 2 aliphatic rings. The Kier molecular flexibility index (Phi) is 6.18. The van der Waals surface area contributed by atoms with Gasteiger partial charge >= 0.3 is 5.97 Å². The van der Waals surface area contributed by atoms with Crippen LogP contribution < -0.4 is 14.8 Å². The molecule has 0 saturated carbocycles. The number of likely N-dealkylation sites (tertiary alicyclic amines) is 1. The highest BCUT2D eigenvalue weighted by Gasteiger charge is 2.28. The maximum atomic E-state index is 12.6. The molecule has 0 spiro atoms. The van der Waals surface area contributed by atoms with E-state index in [0.717, 1.165) is 36.4 Å². The number of anilines is 1. The predicted octanol–water partition coefficient (Wildman–Crippen LogP) is 3.41. The molecule has 0 bridgehead atoms.